The Morgan fingerprint density at radius 2 is 2.00 bits per heavy atom. The molecule has 1 aromatic carbocycles. The third-order valence-electron chi connectivity index (χ3n) is 2.69. The van der Waals surface area contributed by atoms with Gasteiger partial charge in [-0.2, -0.15) is 0 Å². The van der Waals surface area contributed by atoms with Gasteiger partial charge < -0.3 is 19.2 Å². The van der Waals surface area contributed by atoms with Gasteiger partial charge in [-0.3, -0.25) is 4.79 Å². The Morgan fingerprint density at radius 3 is 2.65 bits per heavy atom. The van der Waals surface area contributed by atoms with E-state index in [0.717, 1.165) is 5.56 Å². The van der Waals surface area contributed by atoms with Gasteiger partial charge in [0.1, 0.15) is 0 Å². The Bertz CT molecular complexity index is 609. The highest BCUT2D eigenvalue weighted by Crippen LogP contribution is 2.28. The standard InChI is InChI=1S/C13H15N3O4/c1-14-12(17)13-16-15-11(20-13)7-8-4-5-9(18-2)10(6-8)19-3/h4-6H,7H2,1-3H3,(H,14,17). The Kier molecular flexibility index (Phi) is 4.19. The molecule has 0 unspecified atom stereocenters. The number of aromatic nitrogens is 2. The molecule has 0 atom stereocenters. The lowest BCUT2D eigenvalue weighted by atomic mass is 10.1. The Morgan fingerprint density at radius 1 is 1.25 bits per heavy atom. The van der Waals surface area contributed by atoms with Gasteiger partial charge in [-0.15, -0.1) is 10.2 Å². The molecule has 2 rings (SSSR count). The minimum absolute atomic E-state index is 0.0528. The van der Waals surface area contributed by atoms with Crippen molar-refractivity contribution in [3.05, 3.63) is 35.5 Å². The average molecular weight is 277 g/mol. The van der Waals surface area contributed by atoms with E-state index in [-0.39, 0.29) is 5.89 Å². The number of hydrogen-bond acceptors (Lipinski definition) is 6. The maximum Gasteiger partial charge on any atom is 0.308 e. The number of rotatable bonds is 5. The van der Waals surface area contributed by atoms with Crippen molar-refractivity contribution in [2.24, 2.45) is 0 Å². The number of nitrogens with zero attached hydrogens (tertiary/aromatic N) is 2. The van der Waals surface area contributed by atoms with Crippen LogP contribution in [0.15, 0.2) is 22.6 Å². The first-order valence-electron chi connectivity index (χ1n) is 5.93. The van der Waals surface area contributed by atoms with Crippen molar-refractivity contribution in [2.75, 3.05) is 21.3 Å². The van der Waals surface area contributed by atoms with Gasteiger partial charge in [0.05, 0.1) is 20.6 Å². The molecule has 1 heterocycles. The molecule has 7 heteroatoms. The molecule has 0 aliphatic carbocycles. The molecule has 0 spiro atoms. The Labute approximate surface area is 115 Å². The molecule has 1 amide bonds. The molecular weight excluding hydrogens is 262 g/mol. The molecule has 0 bridgehead atoms. The van der Waals surface area contributed by atoms with Crippen LogP contribution in [0.1, 0.15) is 22.1 Å². The van der Waals surface area contributed by atoms with Crippen molar-refractivity contribution in [3.63, 3.8) is 0 Å². The maximum atomic E-state index is 11.3. The number of carbonyl (C=O) groups is 1. The van der Waals surface area contributed by atoms with E-state index in [2.05, 4.69) is 15.5 Å². The maximum absolute atomic E-state index is 11.3. The van der Waals surface area contributed by atoms with Gasteiger partial charge >= 0.3 is 11.8 Å². The normalized spacial score (nSPS) is 10.2. The van der Waals surface area contributed by atoms with Crippen LogP contribution in [-0.4, -0.2) is 37.4 Å². The molecule has 0 aliphatic heterocycles. The molecular formula is C13H15N3O4. The fourth-order valence-electron chi connectivity index (χ4n) is 1.69. The lowest BCUT2D eigenvalue weighted by Gasteiger charge is -2.08. The minimum Gasteiger partial charge on any atom is -0.493 e. The van der Waals surface area contributed by atoms with E-state index in [1.165, 1.54) is 7.05 Å². The van der Waals surface area contributed by atoms with Gasteiger partial charge in [0.2, 0.25) is 5.89 Å². The topological polar surface area (TPSA) is 86.5 Å². The first-order valence-corrected chi connectivity index (χ1v) is 5.93. The predicted octanol–water partition coefficient (Wildman–Crippen LogP) is 1.04. The van der Waals surface area contributed by atoms with E-state index >= 15 is 0 Å². The van der Waals surface area contributed by atoms with Crippen LogP contribution in [0.5, 0.6) is 11.5 Å². The molecule has 0 saturated heterocycles. The first kappa shape index (κ1) is 13.9. The van der Waals surface area contributed by atoms with Gasteiger partial charge in [0.25, 0.3) is 0 Å². The van der Waals surface area contributed by atoms with Crippen molar-refractivity contribution in [3.8, 4) is 11.5 Å². The zero-order valence-corrected chi connectivity index (χ0v) is 11.5. The Hall–Kier alpha value is -2.57. The van der Waals surface area contributed by atoms with E-state index in [1.807, 2.05) is 12.1 Å². The number of nitrogens with one attached hydrogen (secondary N) is 1. The van der Waals surface area contributed by atoms with Gasteiger partial charge in [-0.05, 0) is 17.7 Å². The zero-order valence-electron chi connectivity index (χ0n) is 11.5. The number of ether oxygens (including phenoxy) is 2. The zero-order chi connectivity index (χ0) is 14.5. The third-order valence-corrected chi connectivity index (χ3v) is 2.69. The van der Waals surface area contributed by atoms with Gasteiger partial charge in [0.15, 0.2) is 11.5 Å². The second-order valence-electron chi connectivity index (χ2n) is 3.95. The monoisotopic (exact) mass is 277 g/mol. The van der Waals surface area contributed by atoms with Crippen LogP contribution >= 0.6 is 0 Å². The van der Waals surface area contributed by atoms with Gasteiger partial charge in [-0.25, -0.2) is 0 Å². The molecule has 0 saturated carbocycles. The molecule has 106 valence electrons. The first-order chi connectivity index (χ1) is 9.67. The highest BCUT2D eigenvalue weighted by Gasteiger charge is 2.14. The summed E-state index contributed by atoms with van der Waals surface area (Å²) in [7, 11) is 4.64. The molecule has 0 aliphatic rings. The average Bonchev–Trinajstić information content (AvgIpc) is 2.94. The van der Waals surface area contributed by atoms with Gasteiger partial charge in [-0.1, -0.05) is 6.07 Å². The van der Waals surface area contributed by atoms with E-state index in [0.29, 0.717) is 23.8 Å². The summed E-state index contributed by atoms with van der Waals surface area (Å²) in [4.78, 5) is 11.3. The van der Waals surface area contributed by atoms with Crippen LogP contribution in [-0.2, 0) is 6.42 Å². The molecule has 7 nitrogen and oxygen atoms in total. The van der Waals surface area contributed by atoms with Crippen molar-refractivity contribution in [2.45, 2.75) is 6.42 Å². The van der Waals surface area contributed by atoms with Crippen LogP contribution in [0.3, 0.4) is 0 Å². The highest BCUT2D eigenvalue weighted by molar-refractivity contribution is 5.89. The summed E-state index contributed by atoms with van der Waals surface area (Å²) in [6.45, 7) is 0. The number of carbonyl (C=O) groups excluding carboxylic acids is 1. The smallest absolute Gasteiger partial charge is 0.308 e. The van der Waals surface area contributed by atoms with Crippen LogP contribution in [0, 0.1) is 0 Å². The SMILES string of the molecule is CNC(=O)c1nnc(Cc2ccc(OC)c(OC)c2)o1. The fourth-order valence-corrected chi connectivity index (χ4v) is 1.69. The number of methoxy groups -OCH3 is 2. The van der Waals surface area contributed by atoms with Crippen molar-refractivity contribution in [1.29, 1.82) is 0 Å². The summed E-state index contributed by atoms with van der Waals surface area (Å²) in [6.07, 6.45) is 0.407. The second-order valence-corrected chi connectivity index (χ2v) is 3.95. The molecule has 0 fully saturated rings. The fraction of sp³-hybridized carbons (Fsp3) is 0.308. The molecule has 1 aromatic heterocycles. The van der Waals surface area contributed by atoms with Crippen LogP contribution in [0.25, 0.3) is 0 Å². The van der Waals surface area contributed by atoms with Gasteiger partial charge in [0, 0.05) is 7.05 Å². The summed E-state index contributed by atoms with van der Waals surface area (Å²) >= 11 is 0. The van der Waals surface area contributed by atoms with E-state index in [9.17, 15) is 4.79 Å². The lowest BCUT2D eigenvalue weighted by Crippen LogP contribution is -2.17. The molecule has 1 N–H and O–H groups in total. The quantitative estimate of drug-likeness (QED) is 0.878. The minimum atomic E-state index is -0.406. The second kappa shape index (κ2) is 6.05. The number of amides is 1. The third kappa shape index (κ3) is 2.87. The van der Waals surface area contributed by atoms with E-state index < -0.39 is 5.91 Å². The highest BCUT2D eigenvalue weighted by atomic mass is 16.5. The summed E-state index contributed by atoms with van der Waals surface area (Å²) in [5.74, 6) is 1.17. The molecule has 20 heavy (non-hydrogen) atoms. The lowest BCUT2D eigenvalue weighted by molar-refractivity contribution is 0.0927. The number of hydrogen-bond donors (Lipinski definition) is 1. The van der Waals surface area contributed by atoms with Crippen molar-refractivity contribution >= 4 is 5.91 Å². The van der Waals surface area contributed by atoms with Crippen LogP contribution < -0.4 is 14.8 Å². The summed E-state index contributed by atoms with van der Waals surface area (Å²) in [6, 6.07) is 5.48. The largest absolute Gasteiger partial charge is 0.493 e. The van der Waals surface area contributed by atoms with E-state index in [4.69, 9.17) is 13.9 Å². The Balaban J connectivity index is 2.17. The summed E-state index contributed by atoms with van der Waals surface area (Å²) in [5.41, 5.74) is 0.912. The van der Waals surface area contributed by atoms with E-state index in [1.54, 1.807) is 20.3 Å². The summed E-state index contributed by atoms with van der Waals surface area (Å²) in [5, 5.41) is 9.92. The van der Waals surface area contributed by atoms with Crippen LogP contribution in [0.4, 0.5) is 0 Å². The van der Waals surface area contributed by atoms with Crippen molar-refractivity contribution < 1.29 is 18.7 Å². The predicted molar refractivity (Wildman–Crippen MR) is 70.0 cm³/mol. The molecule has 0 radical (unpaired) electrons. The van der Waals surface area contributed by atoms with Crippen LogP contribution in [0.2, 0.25) is 0 Å². The molecule has 2 aromatic rings. The van der Waals surface area contributed by atoms with Crippen molar-refractivity contribution in [1.82, 2.24) is 15.5 Å². The number of benzene rings is 1. The summed E-state index contributed by atoms with van der Waals surface area (Å²) < 4.78 is 15.6.